The van der Waals surface area contributed by atoms with Gasteiger partial charge in [0, 0.05) is 31.1 Å². The van der Waals surface area contributed by atoms with Crippen molar-refractivity contribution in [1.29, 1.82) is 0 Å². The van der Waals surface area contributed by atoms with E-state index in [1.165, 1.54) is 6.42 Å². The smallest absolute Gasteiger partial charge is 0.320 e. The molecule has 23 heavy (non-hydrogen) atoms. The van der Waals surface area contributed by atoms with Crippen LogP contribution in [0.15, 0.2) is 18.5 Å². The predicted molar refractivity (Wildman–Crippen MR) is 93.4 cm³/mol. The number of carbonyl (C=O) groups is 1. The minimum absolute atomic E-state index is 0.178. The standard InChI is InChI=1S/C15H22N6OS/c1-2-8-23-21-7-3-4-11(10-21)18-15(22)20-13-9-17-14-12(19-13)5-6-16-14/h5-6,9,11H,2-4,7-8,10H2,1H3,(H,16,17)(H2,18,19,20,22)/t11-/m1/s1. The number of hydrogen-bond acceptors (Lipinski definition) is 5. The van der Waals surface area contributed by atoms with E-state index in [4.69, 9.17) is 0 Å². The van der Waals surface area contributed by atoms with Gasteiger partial charge in [-0.15, -0.1) is 0 Å². The summed E-state index contributed by atoms with van der Waals surface area (Å²) in [5, 5.41) is 5.80. The lowest BCUT2D eigenvalue weighted by Crippen LogP contribution is -2.47. The number of hydrogen-bond donors (Lipinski definition) is 3. The first-order chi connectivity index (χ1) is 11.2. The van der Waals surface area contributed by atoms with Gasteiger partial charge in [0.1, 0.15) is 5.52 Å². The number of urea groups is 1. The molecule has 0 aromatic carbocycles. The van der Waals surface area contributed by atoms with E-state index < -0.39 is 0 Å². The third-order valence-corrected chi connectivity index (χ3v) is 4.99. The average Bonchev–Trinajstić information content (AvgIpc) is 3.01. The maximum Gasteiger partial charge on any atom is 0.320 e. The molecule has 1 aliphatic rings. The minimum Gasteiger partial charge on any atom is -0.345 e. The number of aromatic nitrogens is 3. The molecule has 124 valence electrons. The fourth-order valence-electron chi connectivity index (χ4n) is 2.63. The van der Waals surface area contributed by atoms with E-state index in [2.05, 4.69) is 36.8 Å². The van der Waals surface area contributed by atoms with Crippen molar-refractivity contribution in [3.05, 3.63) is 18.5 Å². The summed E-state index contributed by atoms with van der Waals surface area (Å²) in [5.41, 5.74) is 1.45. The van der Waals surface area contributed by atoms with E-state index in [-0.39, 0.29) is 12.1 Å². The minimum atomic E-state index is -0.221. The molecule has 8 heteroatoms. The third-order valence-electron chi connectivity index (χ3n) is 3.70. The molecular weight excluding hydrogens is 312 g/mol. The lowest BCUT2D eigenvalue weighted by molar-refractivity contribution is 0.239. The molecule has 2 aromatic rings. The Morgan fingerprint density at radius 2 is 2.48 bits per heavy atom. The van der Waals surface area contributed by atoms with Gasteiger partial charge in [-0.2, -0.15) is 0 Å². The molecule has 2 aromatic heterocycles. The highest BCUT2D eigenvalue weighted by Crippen LogP contribution is 2.19. The van der Waals surface area contributed by atoms with Gasteiger partial charge in [-0.25, -0.2) is 19.1 Å². The maximum atomic E-state index is 12.2. The molecule has 1 atom stereocenters. The number of carbonyl (C=O) groups excluding carboxylic acids is 1. The van der Waals surface area contributed by atoms with Gasteiger partial charge in [0.05, 0.1) is 6.20 Å². The van der Waals surface area contributed by atoms with Crippen molar-refractivity contribution in [1.82, 2.24) is 24.6 Å². The summed E-state index contributed by atoms with van der Waals surface area (Å²) in [6.07, 6.45) is 6.62. The Labute approximate surface area is 139 Å². The van der Waals surface area contributed by atoms with E-state index >= 15 is 0 Å². The monoisotopic (exact) mass is 334 g/mol. The maximum absolute atomic E-state index is 12.2. The van der Waals surface area contributed by atoms with Gasteiger partial charge in [0.2, 0.25) is 0 Å². The molecule has 1 aliphatic heterocycles. The SMILES string of the molecule is CCCSN1CCC[C@@H](NC(=O)Nc2cnc3[nH]ccc3n2)C1. The number of aromatic amines is 1. The first-order valence-electron chi connectivity index (χ1n) is 8.00. The summed E-state index contributed by atoms with van der Waals surface area (Å²) in [7, 11) is 0. The fourth-order valence-corrected chi connectivity index (χ4v) is 3.61. The number of piperidine rings is 1. The van der Waals surface area contributed by atoms with Gasteiger partial charge in [-0.1, -0.05) is 18.9 Å². The molecule has 0 bridgehead atoms. The van der Waals surface area contributed by atoms with Gasteiger partial charge < -0.3 is 10.3 Å². The second-order valence-corrected chi connectivity index (χ2v) is 6.81. The van der Waals surface area contributed by atoms with Crippen molar-refractivity contribution in [3.8, 4) is 0 Å². The van der Waals surface area contributed by atoms with Gasteiger partial charge in [0.25, 0.3) is 0 Å². The van der Waals surface area contributed by atoms with Crippen LogP contribution in [0, 0.1) is 0 Å². The fraction of sp³-hybridized carbons (Fsp3) is 0.533. The summed E-state index contributed by atoms with van der Waals surface area (Å²) in [5.74, 6) is 1.59. The molecule has 3 heterocycles. The van der Waals surface area contributed by atoms with E-state index in [1.54, 1.807) is 12.4 Å². The van der Waals surface area contributed by atoms with Crippen LogP contribution >= 0.6 is 11.9 Å². The predicted octanol–water partition coefficient (Wildman–Crippen LogP) is 2.60. The Morgan fingerprint density at radius 3 is 3.35 bits per heavy atom. The molecule has 1 fully saturated rings. The van der Waals surface area contributed by atoms with Crippen molar-refractivity contribution in [2.75, 3.05) is 24.2 Å². The van der Waals surface area contributed by atoms with Crippen LogP contribution in [0.2, 0.25) is 0 Å². The number of anilines is 1. The van der Waals surface area contributed by atoms with E-state index in [0.29, 0.717) is 11.5 Å². The quantitative estimate of drug-likeness (QED) is 0.732. The zero-order chi connectivity index (χ0) is 16.1. The van der Waals surface area contributed by atoms with E-state index in [0.717, 1.165) is 37.2 Å². The third kappa shape index (κ3) is 4.35. The van der Waals surface area contributed by atoms with E-state index in [1.807, 2.05) is 18.0 Å². The van der Waals surface area contributed by atoms with Gasteiger partial charge >= 0.3 is 6.03 Å². The molecule has 2 amide bonds. The van der Waals surface area contributed by atoms with Crippen molar-refractivity contribution in [3.63, 3.8) is 0 Å². The van der Waals surface area contributed by atoms with Gasteiger partial charge in [-0.3, -0.25) is 5.32 Å². The molecule has 3 rings (SSSR count). The van der Waals surface area contributed by atoms with Crippen LogP contribution in [0.5, 0.6) is 0 Å². The Kier molecular flexibility index (Phi) is 5.35. The summed E-state index contributed by atoms with van der Waals surface area (Å²) >= 11 is 1.87. The summed E-state index contributed by atoms with van der Waals surface area (Å²) in [6, 6.07) is 1.79. The average molecular weight is 334 g/mol. The van der Waals surface area contributed by atoms with Gasteiger partial charge in [0.15, 0.2) is 11.5 Å². The molecule has 0 unspecified atom stereocenters. The van der Waals surface area contributed by atoms with Crippen molar-refractivity contribution >= 4 is 35.0 Å². The van der Waals surface area contributed by atoms with Crippen LogP contribution in [0.4, 0.5) is 10.6 Å². The van der Waals surface area contributed by atoms with Crippen LogP contribution in [0.3, 0.4) is 0 Å². The molecule has 7 nitrogen and oxygen atoms in total. The van der Waals surface area contributed by atoms with Crippen LogP contribution in [0.1, 0.15) is 26.2 Å². The first kappa shape index (κ1) is 16.1. The Hall–Kier alpha value is -1.80. The first-order valence-corrected chi connectivity index (χ1v) is 8.94. The van der Waals surface area contributed by atoms with Crippen molar-refractivity contribution in [2.24, 2.45) is 0 Å². The summed E-state index contributed by atoms with van der Waals surface area (Å²) < 4.78 is 2.35. The topological polar surface area (TPSA) is 85.9 Å². The van der Waals surface area contributed by atoms with Crippen molar-refractivity contribution in [2.45, 2.75) is 32.2 Å². The van der Waals surface area contributed by atoms with Crippen molar-refractivity contribution < 1.29 is 4.79 Å². The number of nitrogens with zero attached hydrogens (tertiary/aromatic N) is 3. The number of fused-ring (bicyclic) bond motifs is 1. The molecule has 0 radical (unpaired) electrons. The van der Waals surface area contributed by atoms with Crippen LogP contribution in [-0.2, 0) is 0 Å². The molecule has 1 saturated heterocycles. The molecule has 3 N–H and O–H groups in total. The Bertz CT molecular complexity index is 660. The highest BCUT2D eigenvalue weighted by Gasteiger charge is 2.21. The van der Waals surface area contributed by atoms with Crippen LogP contribution < -0.4 is 10.6 Å². The zero-order valence-corrected chi connectivity index (χ0v) is 14.0. The molecule has 0 aliphatic carbocycles. The highest BCUT2D eigenvalue weighted by atomic mass is 32.2. The Morgan fingerprint density at radius 1 is 1.57 bits per heavy atom. The summed E-state index contributed by atoms with van der Waals surface area (Å²) in [4.78, 5) is 23.7. The number of nitrogens with one attached hydrogen (secondary N) is 3. The van der Waals surface area contributed by atoms with E-state index in [9.17, 15) is 4.79 Å². The second-order valence-electron chi connectivity index (χ2n) is 5.63. The highest BCUT2D eigenvalue weighted by molar-refractivity contribution is 7.97. The number of H-pyrrole nitrogens is 1. The molecular formula is C15H22N6OS. The lowest BCUT2D eigenvalue weighted by atomic mass is 10.1. The van der Waals surface area contributed by atoms with Gasteiger partial charge in [-0.05, 0) is 25.3 Å². The largest absolute Gasteiger partial charge is 0.345 e. The molecule has 0 spiro atoms. The Balaban J connectivity index is 1.52. The number of amides is 2. The van der Waals surface area contributed by atoms with Crippen LogP contribution in [-0.4, -0.2) is 50.2 Å². The second kappa shape index (κ2) is 7.65. The summed E-state index contributed by atoms with van der Waals surface area (Å²) in [6.45, 7) is 4.17. The van der Waals surface area contributed by atoms with Crippen LogP contribution in [0.25, 0.3) is 11.2 Å². The molecule has 0 saturated carbocycles. The lowest BCUT2D eigenvalue weighted by Gasteiger charge is -2.32. The number of rotatable bonds is 5. The normalized spacial score (nSPS) is 18.9. The zero-order valence-electron chi connectivity index (χ0n) is 13.2.